The molecule has 0 bridgehead atoms. The molecule has 0 saturated heterocycles. The predicted octanol–water partition coefficient (Wildman–Crippen LogP) is 4.10. The summed E-state index contributed by atoms with van der Waals surface area (Å²) in [6, 6.07) is 14.9. The summed E-state index contributed by atoms with van der Waals surface area (Å²) >= 11 is 1.74. The average molecular weight is 351 g/mol. The summed E-state index contributed by atoms with van der Waals surface area (Å²) in [6.45, 7) is 1.72. The minimum atomic E-state index is 0.0486. The maximum absolute atomic E-state index is 5.82. The number of rotatable bonds is 3. The molecule has 3 aromatic rings. The fraction of sp³-hybridized carbons (Fsp3) is 0.300. The molecule has 0 spiro atoms. The number of fused-ring (bicyclic) bond motifs is 2. The second-order valence-electron chi connectivity index (χ2n) is 6.20. The van der Waals surface area contributed by atoms with Gasteiger partial charge in [-0.15, -0.1) is 11.8 Å². The number of methoxy groups -OCH3 is 1. The molecule has 4 nitrogen and oxygen atoms in total. The van der Waals surface area contributed by atoms with Crippen LogP contribution in [0.25, 0.3) is 10.9 Å². The second-order valence-corrected chi connectivity index (χ2v) is 7.08. The molecule has 128 valence electrons. The molecule has 0 radical (unpaired) electrons. The first-order valence-electron chi connectivity index (χ1n) is 8.44. The summed E-state index contributed by atoms with van der Waals surface area (Å²) in [6.07, 6.45) is 4.79. The summed E-state index contributed by atoms with van der Waals surface area (Å²) in [5, 5.41) is 1.11. The summed E-state index contributed by atoms with van der Waals surface area (Å²) in [5.41, 5.74) is 3.63. The van der Waals surface area contributed by atoms with Gasteiger partial charge in [0.15, 0.2) is 0 Å². The lowest BCUT2D eigenvalue weighted by atomic mass is 10.0. The molecule has 0 N–H and O–H groups in total. The lowest BCUT2D eigenvalue weighted by molar-refractivity contribution is 0.109. The highest BCUT2D eigenvalue weighted by molar-refractivity contribution is 7.98. The molecule has 1 aliphatic rings. The lowest BCUT2D eigenvalue weighted by Crippen LogP contribution is -2.29. The average Bonchev–Trinajstić information content (AvgIpc) is 2.86. The molecule has 0 aliphatic carbocycles. The third kappa shape index (κ3) is 3.10. The van der Waals surface area contributed by atoms with Crippen molar-refractivity contribution in [1.82, 2.24) is 9.97 Å². The van der Waals surface area contributed by atoms with Crippen molar-refractivity contribution < 1.29 is 4.74 Å². The smallest absolute Gasteiger partial charge is 0.140 e. The van der Waals surface area contributed by atoms with E-state index in [1.165, 1.54) is 16.0 Å². The molecule has 25 heavy (non-hydrogen) atoms. The monoisotopic (exact) mass is 351 g/mol. The number of anilines is 1. The Morgan fingerprint density at radius 1 is 1.16 bits per heavy atom. The fourth-order valence-electron chi connectivity index (χ4n) is 3.52. The van der Waals surface area contributed by atoms with E-state index in [0.717, 1.165) is 36.2 Å². The highest BCUT2D eigenvalue weighted by Crippen LogP contribution is 2.32. The highest BCUT2D eigenvalue weighted by Gasteiger charge is 2.24. The van der Waals surface area contributed by atoms with Crippen molar-refractivity contribution in [1.29, 1.82) is 0 Å². The first-order chi connectivity index (χ1) is 12.3. The van der Waals surface area contributed by atoms with Crippen LogP contribution in [0.4, 0.5) is 5.82 Å². The first kappa shape index (κ1) is 16.4. The van der Waals surface area contributed by atoms with Gasteiger partial charge in [0, 0.05) is 30.5 Å². The quantitative estimate of drug-likeness (QED) is 0.664. The first-order valence-corrected chi connectivity index (χ1v) is 9.67. The zero-order chi connectivity index (χ0) is 17.2. The second kappa shape index (κ2) is 7.02. The number of nitrogens with zero attached hydrogens (tertiary/aromatic N) is 3. The molecule has 2 aromatic carbocycles. The Hall–Kier alpha value is -2.11. The van der Waals surface area contributed by atoms with E-state index in [2.05, 4.69) is 63.6 Å². The van der Waals surface area contributed by atoms with Crippen LogP contribution >= 0.6 is 11.8 Å². The van der Waals surface area contributed by atoms with E-state index in [9.17, 15) is 0 Å². The molecule has 1 aliphatic heterocycles. The number of benzene rings is 2. The van der Waals surface area contributed by atoms with Crippen LogP contribution in [0.3, 0.4) is 0 Å². The van der Waals surface area contributed by atoms with E-state index in [1.54, 1.807) is 25.2 Å². The van der Waals surface area contributed by atoms with Gasteiger partial charge in [0.05, 0.1) is 11.6 Å². The van der Waals surface area contributed by atoms with Crippen LogP contribution < -0.4 is 4.90 Å². The van der Waals surface area contributed by atoms with Gasteiger partial charge in [-0.05, 0) is 42.0 Å². The molecule has 1 unspecified atom stereocenters. The van der Waals surface area contributed by atoms with Gasteiger partial charge in [0.25, 0.3) is 0 Å². The van der Waals surface area contributed by atoms with Crippen molar-refractivity contribution >= 4 is 28.5 Å². The molecular formula is C20H21N3OS. The van der Waals surface area contributed by atoms with E-state index in [4.69, 9.17) is 4.74 Å². The third-order valence-corrected chi connectivity index (χ3v) is 5.57. The van der Waals surface area contributed by atoms with Crippen molar-refractivity contribution in [2.45, 2.75) is 17.4 Å². The third-order valence-electron chi connectivity index (χ3n) is 4.84. The Balaban J connectivity index is 1.77. The Morgan fingerprint density at radius 3 is 2.88 bits per heavy atom. The van der Waals surface area contributed by atoms with Gasteiger partial charge < -0.3 is 9.64 Å². The number of aromatic nitrogens is 2. The van der Waals surface area contributed by atoms with Gasteiger partial charge in [0.2, 0.25) is 0 Å². The van der Waals surface area contributed by atoms with Crippen LogP contribution in [-0.4, -0.2) is 36.4 Å². The van der Waals surface area contributed by atoms with Crippen LogP contribution in [0.1, 0.15) is 17.2 Å². The highest BCUT2D eigenvalue weighted by atomic mass is 32.2. The maximum atomic E-state index is 5.82. The van der Waals surface area contributed by atoms with E-state index in [-0.39, 0.29) is 6.10 Å². The Labute approximate surface area is 152 Å². The van der Waals surface area contributed by atoms with Crippen molar-refractivity contribution in [3.63, 3.8) is 0 Å². The molecule has 0 saturated carbocycles. The van der Waals surface area contributed by atoms with Crippen LogP contribution in [0, 0.1) is 0 Å². The molecule has 0 fully saturated rings. The fourth-order valence-corrected chi connectivity index (χ4v) is 3.96. The SMILES string of the molecule is COC1CN(c2ncnc3ccc(SC)cc23)CCc2ccccc21. The van der Waals surface area contributed by atoms with E-state index in [1.807, 2.05) is 0 Å². The Kier molecular flexibility index (Phi) is 4.59. The Bertz CT molecular complexity index is 899. The van der Waals surface area contributed by atoms with E-state index >= 15 is 0 Å². The van der Waals surface area contributed by atoms with E-state index < -0.39 is 0 Å². The summed E-state index contributed by atoms with van der Waals surface area (Å²) < 4.78 is 5.82. The number of hydrogen-bond donors (Lipinski definition) is 0. The van der Waals surface area contributed by atoms with Crippen molar-refractivity contribution in [2.75, 3.05) is 31.4 Å². The van der Waals surface area contributed by atoms with Gasteiger partial charge in [0.1, 0.15) is 12.1 Å². The zero-order valence-electron chi connectivity index (χ0n) is 14.5. The van der Waals surface area contributed by atoms with Crippen molar-refractivity contribution in [3.8, 4) is 0 Å². The molecule has 1 atom stereocenters. The molecule has 4 rings (SSSR count). The number of hydrogen-bond acceptors (Lipinski definition) is 5. The normalized spacial score (nSPS) is 17.4. The number of thioether (sulfide) groups is 1. The minimum absolute atomic E-state index is 0.0486. The minimum Gasteiger partial charge on any atom is -0.375 e. The van der Waals surface area contributed by atoms with Gasteiger partial charge in [-0.3, -0.25) is 0 Å². The van der Waals surface area contributed by atoms with Crippen LogP contribution in [0.2, 0.25) is 0 Å². The Morgan fingerprint density at radius 2 is 2.04 bits per heavy atom. The van der Waals surface area contributed by atoms with E-state index in [0.29, 0.717) is 0 Å². The molecule has 5 heteroatoms. The predicted molar refractivity (Wildman–Crippen MR) is 103 cm³/mol. The summed E-state index contributed by atoms with van der Waals surface area (Å²) in [7, 11) is 1.79. The summed E-state index contributed by atoms with van der Waals surface area (Å²) in [5.74, 6) is 0.996. The van der Waals surface area contributed by atoms with Crippen LogP contribution in [0.5, 0.6) is 0 Å². The molecular weight excluding hydrogens is 330 g/mol. The largest absolute Gasteiger partial charge is 0.375 e. The van der Waals surface area contributed by atoms with Gasteiger partial charge >= 0.3 is 0 Å². The molecule has 1 aromatic heterocycles. The van der Waals surface area contributed by atoms with Crippen molar-refractivity contribution in [3.05, 3.63) is 59.9 Å². The standard InChI is InChI=1S/C20H21N3OS/c1-24-19-12-23(10-9-14-5-3-4-6-16(14)19)20-17-11-15(25-2)7-8-18(17)21-13-22-20/h3-8,11,13,19H,9-10,12H2,1-2H3. The van der Waals surface area contributed by atoms with Crippen LogP contribution in [0.15, 0.2) is 53.7 Å². The zero-order valence-corrected chi connectivity index (χ0v) is 15.3. The van der Waals surface area contributed by atoms with Crippen molar-refractivity contribution in [2.24, 2.45) is 0 Å². The number of ether oxygens (including phenoxy) is 1. The van der Waals surface area contributed by atoms with Crippen LogP contribution in [-0.2, 0) is 11.2 Å². The van der Waals surface area contributed by atoms with Gasteiger partial charge in [-0.1, -0.05) is 24.3 Å². The molecule has 2 heterocycles. The maximum Gasteiger partial charge on any atom is 0.140 e. The van der Waals surface area contributed by atoms with Gasteiger partial charge in [-0.2, -0.15) is 0 Å². The van der Waals surface area contributed by atoms with Gasteiger partial charge in [-0.25, -0.2) is 9.97 Å². The summed E-state index contributed by atoms with van der Waals surface area (Å²) in [4.78, 5) is 12.6. The topological polar surface area (TPSA) is 38.2 Å². The molecule has 0 amide bonds. The lowest BCUT2D eigenvalue weighted by Gasteiger charge is -2.26.